The van der Waals surface area contributed by atoms with Crippen LogP contribution in [-0.2, 0) is 6.42 Å². The smallest absolute Gasteiger partial charge is 0.118 e. The molecule has 0 spiro atoms. The van der Waals surface area contributed by atoms with Crippen LogP contribution in [0.1, 0.15) is 34.7 Å². The van der Waals surface area contributed by atoms with Gasteiger partial charge in [-0.05, 0) is 61.1 Å². The largest absolute Gasteiger partial charge is 0.497 e. The maximum atomic E-state index is 6.38. The van der Waals surface area contributed by atoms with E-state index < -0.39 is 0 Å². The Bertz CT molecular complexity index is 540. The summed E-state index contributed by atoms with van der Waals surface area (Å²) in [5.41, 5.74) is 11.5. The van der Waals surface area contributed by atoms with Gasteiger partial charge in [0.2, 0.25) is 0 Å². The summed E-state index contributed by atoms with van der Waals surface area (Å²) in [5, 5.41) is 0. The SMILES string of the molecule is COc1ccc(CCC(N)c2c(C)cccc2C)cc1. The van der Waals surface area contributed by atoms with Crippen molar-refractivity contribution in [2.45, 2.75) is 32.7 Å². The summed E-state index contributed by atoms with van der Waals surface area (Å²) >= 11 is 0. The van der Waals surface area contributed by atoms with Gasteiger partial charge in [0.1, 0.15) is 5.75 Å². The summed E-state index contributed by atoms with van der Waals surface area (Å²) in [5.74, 6) is 0.896. The van der Waals surface area contributed by atoms with Gasteiger partial charge in [0.25, 0.3) is 0 Å². The van der Waals surface area contributed by atoms with Crippen LogP contribution in [-0.4, -0.2) is 7.11 Å². The van der Waals surface area contributed by atoms with Crippen LogP contribution in [0.15, 0.2) is 42.5 Å². The topological polar surface area (TPSA) is 35.2 Å². The first-order valence-electron chi connectivity index (χ1n) is 7.06. The predicted molar refractivity (Wildman–Crippen MR) is 84.2 cm³/mol. The molecule has 0 heterocycles. The van der Waals surface area contributed by atoms with E-state index in [1.165, 1.54) is 22.3 Å². The number of methoxy groups -OCH3 is 1. The van der Waals surface area contributed by atoms with Gasteiger partial charge in [0, 0.05) is 6.04 Å². The van der Waals surface area contributed by atoms with Gasteiger partial charge in [-0.3, -0.25) is 0 Å². The van der Waals surface area contributed by atoms with Crippen LogP contribution in [0.4, 0.5) is 0 Å². The maximum absolute atomic E-state index is 6.38. The Morgan fingerprint density at radius 2 is 1.60 bits per heavy atom. The van der Waals surface area contributed by atoms with E-state index in [1.807, 2.05) is 12.1 Å². The van der Waals surface area contributed by atoms with E-state index in [9.17, 15) is 0 Å². The Kier molecular flexibility index (Phi) is 4.80. The number of hydrogen-bond donors (Lipinski definition) is 1. The van der Waals surface area contributed by atoms with Gasteiger partial charge in [-0.15, -0.1) is 0 Å². The van der Waals surface area contributed by atoms with Crippen molar-refractivity contribution in [3.05, 3.63) is 64.7 Å². The fourth-order valence-corrected chi connectivity index (χ4v) is 2.67. The van der Waals surface area contributed by atoms with Crippen molar-refractivity contribution in [1.29, 1.82) is 0 Å². The molecular formula is C18H23NO. The summed E-state index contributed by atoms with van der Waals surface area (Å²) in [4.78, 5) is 0. The molecule has 0 aliphatic heterocycles. The highest BCUT2D eigenvalue weighted by molar-refractivity contribution is 5.36. The highest BCUT2D eigenvalue weighted by Crippen LogP contribution is 2.24. The quantitative estimate of drug-likeness (QED) is 0.892. The zero-order chi connectivity index (χ0) is 14.5. The molecule has 20 heavy (non-hydrogen) atoms. The van der Waals surface area contributed by atoms with Crippen LogP contribution >= 0.6 is 0 Å². The van der Waals surface area contributed by atoms with Crippen LogP contribution in [0, 0.1) is 13.8 Å². The standard InChI is InChI=1S/C18H23NO/c1-13-5-4-6-14(2)18(13)17(19)12-9-15-7-10-16(20-3)11-8-15/h4-8,10-11,17H,9,12,19H2,1-3H3. The van der Waals surface area contributed by atoms with Gasteiger partial charge < -0.3 is 10.5 Å². The summed E-state index contributed by atoms with van der Waals surface area (Å²) in [6, 6.07) is 14.7. The summed E-state index contributed by atoms with van der Waals surface area (Å²) < 4.78 is 5.17. The molecule has 0 aliphatic rings. The molecule has 0 saturated carbocycles. The first kappa shape index (κ1) is 14.6. The van der Waals surface area contributed by atoms with E-state index in [-0.39, 0.29) is 6.04 Å². The molecule has 0 radical (unpaired) electrons. The zero-order valence-electron chi connectivity index (χ0n) is 12.5. The van der Waals surface area contributed by atoms with Crippen molar-refractivity contribution in [2.75, 3.05) is 7.11 Å². The van der Waals surface area contributed by atoms with Gasteiger partial charge in [0.05, 0.1) is 7.11 Å². The lowest BCUT2D eigenvalue weighted by Crippen LogP contribution is -2.14. The Labute approximate surface area is 121 Å². The zero-order valence-corrected chi connectivity index (χ0v) is 12.5. The monoisotopic (exact) mass is 269 g/mol. The number of hydrogen-bond acceptors (Lipinski definition) is 2. The fourth-order valence-electron chi connectivity index (χ4n) is 2.67. The molecule has 0 amide bonds. The normalized spacial score (nSPS) is 12.2. The van der Waals surface area contributed by atoms with E-state index in [4.69, 9.17) is 10.5 Å². The van der Waals surface area contributed by atoms with Crippen molar-refractivity contribution < 1.29 is 4.74 Å². The third-order valence-electron chi connectivity index (χ3n) is 3.82. The van der Waals surface area contributed by atoms with E-state index in [0.717, 1.165) is 18.6 Å². The number of benzene rings is 2. The number of rotatable bonds is 5. The molecule has 0 aromatic heterocycles. The molecule has 0 bridgehead atoms. The third kappa shape index (κ3) is 3.40. The summed E-state index contributed by atoms with van der Waals surface area (Å²) in [7, 11) is 1.69. The van der Waals surface area contributed by atoms with Crippen LogP contribution in [0.3, 0.4) is 0 Å². The molecule has 0 saturated heterocycles. The molecule has 106 valence electrons. The highest BCUT2D eigenvalue weighted by Gasteiger charge is 2.11. The minimum absolute atomic E-state index is 0.0956. The second-order valence-corrected chi connectivity index (χ2v) is 5.30. The number of aryl methyl sites for hydroxylation is 3. The molecular weight excluding hydrogens is 246 g/mol. The second-order valence-electron chi connectivity index (χ2n) is 5.30. The average Bonchev–Trinajstić information content (AvgIpc) is 2.45. The molecule has 0 fully saturated rings. The molecule has 2 N–H and O–H groups in total. The molecule has 1 unspecified atom stereocenters. The molecule has 2 aromatic carbocycles. The van der Waals surface area contributed by atoms with Gasteiger partial charge >= 0.3 is 0 Å². The first-order valence-corrected chi connectivity index (χ1v) is 7.06. The van der Waals surface area contributed by atoms with Gasteiger partial charge in [-0.2, -0.15) is 0 Å². The van der Waals surface area contributed by atoms with Crippen LogP contribution in [0.5, 0.6) is 5.75 Å². The predicted octanol–water partition coefficient (Wildman–Crippen LogP) is 3.94. The number of nitrogens with two attached hydrogens (primary N) is 1. The highest BCUT2D eigenvalue weighted by atomic mass is 16.5. The van der Waals surface area contributed by atoms with Crippen LogP contribution in [0.2, 0.25) is 0 Å². The maximum Gasteiger partial charge on any atom is 0.118 e. The van der Waals surface area contributed by atoms with Crippen molar-refractivity contribution >= 4 is 0 Å². The van der Waals surface area contributed by atoms with Crippen molar-refractivity contribution in [3.8, 4) is 5.75 Å². The Hall–Kier alpha value is -1.80. The minimum Gasteiger partial charge on any atom is -0.497 e. The van der Waals surface area contributed by atoms with Crippen LogP contribution in [0.25, 0.3) is 0 Å². The number of ether oxygens (including phenoxy) is 1. The summed E-state index contributed by atoms with van der Waals surface area (Å²) in [6.07, 6.45) is 1.94. The van der Waals surface area contributed by atoms with Crippen molar-refractivity contribution in [3.63, 3.8) is 0 Å². The van der Waals surface area contributed by atoms with E-state index in [2.05, 4.69) is 44.2 Å². The minimum atomic E-state index is 0.0956. The van der Waals surface area contributed by atoms with Gasteiger partial charge in [-0.1, -0.05) is 30.3 Å². The second kappa shape index (κ2) is 6.58. The van der Waals surface area contributed by atoms with Gasteiger partial charge in [0.15, 0.2) is 0 Å². The third-order valence-corrected chi connectivity index (χ3v) is 3.82. The fraction of sp³-hybridized carbons (Fsp3) is 0.333. The molecule has 2 rings (SSSR count). The lowest BCUT2D eigenvalue weighted by molar-refractivity contribution is 0.414. The van der Waals surface area contributed by atoms with E-state index in [0.29, 0.717) is 0 Å². The lowest BCUT2D eigenvalue weighted by Gasteiger charge is -2.17. The van der Waals surface area contributed by atoms with E-state index in [1.54, 1.807) is 7.11 Å². The molecule has 2 aromatic rings. The molecule has 0 aliphatic carbocycles. The van der Waals surface area contributed by atoms with E-state index >= 15 is 0 Å². The Morgan fingerprint density at radius 1 is 1.00 bits per heavy atom. The average molecular weight is 269 g/mol. The van der Waals surface area contributed by atoms with Crippen molar-refractivity contribution in [2.24, 2.45) is 5.73 Å². The molecule has 2 nitrogen and oxygen atoms in total. The van der Waals surface area contributed by atoms with Crippen molar-refractivity contribution in [1.82, 2.24) is 0 Å². The Balaban J connectivity index is 2.02. The molecule has 2 heteroatoms. The molecule has 1 atom stereocenters. The lowest BCUT2D eigenvalue weighted by atomic mass is 9.93. The van der Waals surface area contributed by atoms with Crippen LogP contribution < -0.4 is 10.5 Å². The Morgan fingerprint density at radius 3 is 2.15 bits per heavy atom. The van der Waals surface area contributed by atoms with Gasteiger partial charge in [-0.25, -0.2) is 0 Å². The first-order chi connectivity index (χ1) is 9.61. The summed E-state index contributed by atoms with van der Waals surface area (Å²) in [6.45, 7) is 4.27.